The first-order valence-corrected chi connectivity index (χ1v) is 7.44. The minimum atomic E-state index is -0.194. The minimum Gasteiger partial charge on any atom is -0.483 e. The molecular formula is C15H13ClINO2. The molecule has 0 aliphatic rings. The first kappa shape index (κ1) is 15.1. The maximum atomic E-state index is 11.8. The summed E-state index contributed by atoms with van der Waals surface area (Å²) in [5.41, 5.74) is 1.66. The van der Waals surface area contributed by atoms with Gasteiger partial charge in [-0.1, -0.05) is 11.6 Å². The average Bonchev–Trinajstić information content (AvgIpc) is 2.40. The first-order valence-electron chi connectivity index (χ1n) is 5.99. The highest BCUT2D eigenvalue weighted by molar-refractivity contribution is 14.1. The van der Waals surface area contributed by atoms with Crippen LogP contribution in [0.3, 0.4) is 0 Å². The maximum absolute atomic E-state index is 11.8. The van der Waals surface area contributed by atoms with Gasteiger partial charge in [0.25, 0.3) is 5.91 Å². The molecule has 2 aromatic rings. The third-order valence-electron chi connectivity index (χ3n) is 2.62. The average molecular weight is 402 g/mol. The molecule has 0 aromatic heterocycles. The number of nitrogens with one attached hydrogen (secondary N) is 1. The van der Waals surface area contributed by atoms with Crippen molar-refractivity contribution in [2.24, 2.45) is 0 Å². The molecule has 0 spiro atoms. The Labute approximate surface area is 136 Å². The van der Waals surface area contributed by atoms with E-state index in [1.54, 1.807) is 18.2 Å². The maximum Gasteiger partial charge on any atom is 0.262 e. The molecule has 0 radical (unpaired) electrons. The number of carbonyl (C=O) groups excluding carboxylic acids is 1. The molecule has 2 rings (SSSR count). The van der Waals surface area contributed by atoms with Crippen molar-refractivity contribution in [2.75, 3.05) is 11.9 Å². The van der Waals surface area contributed by atoms with Gasteiger partial charge >= 0.3 is 0 Å². The second-order valence-corrected chi connectivity index (χ2v) is 5.94. The van der Waals surface area contributed by atoms with Crippen molar-refractivity contribution in [1.82, 2.24) is 0 Å². The quantitative estimate of drug-likeness (QED) is 0.777. The lowest BCUT2D eigenvalue weighted by atomic mass is 10.2. The molecule has 0 saturated carbocycles. The highest BCUT2D eigenvalue weighted by Gasteiger charge is 2.06. The Morgan fingerprint density at radius 3 is 2.60 bits per heavy atom. The number of anilines is 1. The monoisotopic (exact) mass is 401 g/mol. The molecule has 0 bridgehead atoms. The lowest BCUT2D eigenvalue weighted by Crippen LogP contribution is -2.20. The van der Waals surface area contributed by atoms with Crippen LogP contribution in [0.5, 0.6) is 5.75 Å². The normalized spacial score (nSPS) is 10.2. The summed E-state index contributed by atoms with van der Waals surface area (Å²) in [6.45, 7) is 1.85. The van der Waals surface area contributed by atoms with E-state index >= 15 is 0 Å². The molecule has 2 aromatic carbocycles. The van der Waals surface area contributed by atoms with Crippen LogP contribution in [0, 0.1) is 10.5 Å². The Morgan fingerprint density at radius 1 is 1.25 bits per heavy atom. The Morgan fingerprint density at radius 2 is 1.95 bits per heavy atom. The molecule has 1 amide bonds. The Kier molecular flexibility index (Phi) is 5.25. The van der Waals surface area contributed by atoms with Crippen LogP contribution in [-0.4, -0.2) is 12.5 Å². The number of benzene rings is 2. The van der Waals surface area contributed by atoms with Crippen molar-refractivity contribution in [3.05, 3.63) is 56.6 Å². The molecule has 0 aliphatic heterocycles. The molecule has 0 aliphatic carbocycles. The predicted molar refractivity (Wildman–Crippen MR) is 89.5 cm³/mol. The molecule has 0 heterocycles. The SMILES string of the molecule is Cc1cc(Cl)ccc1OCC(=O)Nc1ccc(I)cc1. The van der Waals surface area contributed by atoms with E-state index < -0.39 is 0 Å². The van der Waals surface area contributed by atoms with E-state index in [0.717, 1.165) is 14.8 Å². The van der Waals surface area contributed by atoms with Gasteiger partial charge in [-0.2, -0.15) is 0 Å². The summed E-state index contributed by atoms with van der Waals surface area (Å²) in [6.07, 6.45) is 0. The Bertz CT molecular complexity index is 614. The van der Waals surface area contributed by atoms with Crippen LogP contribution in [0.15, 0.2) is 42.5 Å². The highest BCUT2D eigenvalue weighted by Crippen LogP contribution is 2.21. The fraction of sp³-hybridized carbons (Fsp3) is 0.133. The van der Waals surface area contributed by atoms with E-state index in [-0.39, 0.29) is 12.5 Å². The van der Waals surface area contributed by atoms with Gasteiger partial charge < -0.3 is 10.1 Å². The van der Waals surface area contributed by atoms with E-state index in [0.29, 0.717) is 10.8 Å². The molecule has 0 atom stereocenters. The standard InChI is InChI=1S/C15H13ClINO2/c1-10-8-11(16)2-7-14(10)20-9-15(19)18-13-5-3-12(17)4-6-13/h2-8H,9H2,1H3,(H,18,19). The number of carbonyl (C=O) groups is 1. The van der Waals surface area contributed by atoms with E-state index in [2.05, 4.69) is 27.9 Å². The fourth-order valence-corrected chi connectivity index (χ4v) is 2.23. The van der Waals surface area contributed by atoms with Crippen molar-refractivity contribution in [2.45, 2.75) is 6.92 Å². The summed E-state index contributed by atoms with van der Waals surface area (Å²) in [5.74, 6) is 0.465. The summed E-state index contributed by atoms with van der Waals surface area (Å²) in [7, 11) is 0. The topological polar surface area (TPSA) is 38.3 Å². The molecule has 3 nitrogen and oxygen atoms in total. The number of hydrogen-bond donors (Lipinski definition) is 1. The van der Waals surface area contributed by atoms with Crippen LogP contribution in [0.1, 0.15) is 5.56 Å². The first-order chi connectivity index (χ1) is 9.54. The number of hydrogen-bond acceptors (Lipinski definition) is 2. The van der Waals surface area contributed by atoms with Gasteiger partial charge in [0.2, 0.25) is 0 Å². The summed E-state index contributed by atoms with van der Waals surface area (Å²) in [5, 5.41) is 3.43. The lowest BCUT2D eigenvalue weighted by molar-refractivity contribution is -0.118. The van der Waals surface area contributed by atoms with Crippen LogP contribution >= 0.6 is 34.2 Å². The van der Waals surface area contributed by atoms with Crippen LogP contribution in [-0.2, 0) is 4.79 Å². The zero-order chi connectivity index (χ0) is 14.5. The van der Waals surface area contributed by atoms with Gasteiger partial charge in [0.15, 0.2) is 6.61 Å². The number of amides is 1. The molecule has 104 valence electrons. The molecular weight excluding hydrogens is 389 g/mol. The lowest BCUT2D eigenvalue weighted by Gasteiger charge is -2.10. The van der Waals surface area contributed by atoms with E-state index in [1.165, 1.54) is 0 Å². The van der Waals surface area contributed by atoms with Crippen molar-refractivity contribution in [3.8, 4) is 5.75 Å². The molecule has 20 heavy (non-hydrogen) atoms. The third-order valence-corrected chi connectivity index (χ3v) is 3.58. The van der Waals surface area contributed by atoms with Gasteiger partial charge in [-0.05, 0) is 77.5 Å². The zero-order valence-electron chi connectivity index (χ0n) is 10.8. The van der Waals surface area contributed by atoms with Crippen molar-refractivity contribution in [3.63, 3.8) is 0 Å². The van der Waals surface area contributed by atoms with Crippen LogP contribution in [0.4, 0.5) is 5.69 Å². The fourth-order valence-electron chi connectivity index (χ4n) is 1.65. The predicted octanol–water partition coefficient (Wildman–Crippen LogP) is 4.27. The van der Waals surface area contributed by atoms with Gasteiger partial charge in [0, 0.05) is 14.3 Å². The second kappa shape index (κ2) is 6.95. The molecule has 0 unspecified atom stereocenters. The van der Waals surface area contributed by atoms with Crippen molar-refractivity contribution in [1.29, 1.82) is 0 Å². The number of ether oxygens (including phenoxy) is 1. The summed E-state index contributed by atoms with van der Waals surface area (Å²) >= 11 is 8.08. The molecule has 5 heteroatoms. The van der Waals surface area contributed by atoms with Crippen LogP contribution < -0.4 is 10.1 Å². The highest BCUT2D eigenvalue weighted by atomic mass is 127. The van der Waals surface area contributed by atoms with E-state index in [4.69, 9.17) is 16.3 Å². The van der Waals surface area contributed by atoms with Gasteiger partial charge in [0.1, 0.15) is 5.75 Å². The Hall–Kier alpha value is -1.27. The van der Waals surface area contributed by atoms with Gasteiger partial charge in [-0.15, -0.1) is 0 Å². The summed E-state index contributed by atoms with van der Waals surface area (Å²) in [6, 6.07) is 12.9. The molecule has 1 N–H and O–H groups in total. The van der Waals surface area contributed by atoms with Crippen LogP contribution in [0.2, 0.25) is 5.02 Å². The molecule has 0 fully saturated rings. The Balaban J connectivity index is 1.90. The number of halogens is 2. The molecule has 0 saturated heterocycles. The van der Waals surface area contributed by atoms with Crippen molar-refractivity contribution < 1.29 is 9.53 Å². The van der Waals surface area contributed by atoms with E-state index in [9.17, 15) is 4.79 Å². The van der Waals surface area contributed by atoms with E-state index in [1.807, 2.05) is 31.2 Å². The number of aryl methyl sites for hydroxylation is 1. The van der Waals surface area contributed by atoms with Gasteiger partial charge in [0.05, 0.1) is 0 Å². The second-order valence-electron chi connectivity index (χ2n) is 4.25. The smallest absolute Gasteiger partial charge is 0.262 e. The largest absolute Gasteiger partial charge is 0.483 e. The third kappa shape index (κ3) is 4.38. The van der Waals surface area contributed by atoms with Crippen LogP contribution in [0.25, 0.3) is 0 Å². The van der Waals surface area contributed by atoms with Gasteiger partial charge in [-0.3, -0.25) is 4.79 Å². The summed E-state index contributed by atoms with van der Waals surface area (Å²) < 4.78 is 6.60. The van der Waals surface area contributed by atoms with Gasteiger partial charge in [-0.25, -0.2) is 0 Å². The summed E-state index contributed by atoms with van der Waals surface area (Å²) in [4.78, 5) is 11.8. The zero-order valence-corrected chi connectivity index (χ0v) is 13.7. The number of rotatable bonds is 4. The van der Waals surface area contributed by atoms with Crippen molar-refractivity contribution >= 4 is 45.8 Å². The minimum absolute atomic E-state index is 0.0333.